The van der Waals surface area contributed by atoms with Crippen molar-refractivity contribution in [3.63, 3.8) is 0 Å². The van der Waals surface area contributed by atoms with Gasteiger partial charge in [0, 0.05) is 34.4 Å². The van der Waals surface area contributed by atoms with Crippen LogP contribution in [0.1, 0.15) is 6.42 Å². The summed E-state index contributed by atoms with van der Waals surface area (Å²) in [6.45, 7) is 0.346. The first kappa shape index (κ1) is 15.8. The highest BCUT2D eigenvalue weighted by molar-refractivity contribution is 6.31. The summed E-state index contributed by atoms with van der Waals surface area (Å²) in [5.74, 6) is -0.647. The van der Waals surface area contributed by atoms with E-state index in [1.807, 2.05) is 6.07 Å². The van der Waals surface area contributed by atoms with Gasteiger partial charge < -0.3 is 10.2 Å². The first-order chi connectivity index (χ1) is 11.0. The molecule has 1 atom stereocenters. The molecule has 2 aromatic carbocycles. The number of carbonyl (C=O) groups excluding carboxylic acids is 2. The fourth-order valence-corrected chi connectivity index (χ4v) is 2.86. The molecular weight excluding hydrogens is 335 g/mol. The maximum atomic E-state index is 12.3. The lowest BCUT2D eigenvalue weighted by Crippen LogP contribution is -2.28. The summed E-state index contributed by atoms with van der Waals surface area (Å²) in [5, 5.41) is 3.98. The summed E-state index contributed by atoms with van der Waals surface area (Å²) in [6.07, 6.45) is 0.186. The van der Waals surface area contributed by atoms with Crippen LogP contribution in [0, 0.1) is 5.92 Å². The number of rotatable bonds is 3. The highest BCUT2D eigenvalue weighted by atomic mass is 35.5. The number of benzene rings is 2. The lowest BCUT2D eigenvalue weighted by molar-refractivity contribution is -0.122. The Bertz CT molecular complexity index is 747. The maximum absolute atomic E-state index is 12.3. The number of anilines is 2. The molecule has 3 rings (SSSR count). The first-order valence-electron chi connectivity index (χ1n) is 7.15. The molecule has 1 unspecified atom stereocenters. The van der Waals surface area contributed by atoms with Gasteiger partial charge in [0.15, 0.2) is 0 Å². The van der Waals surface area contributed by atoms with Crippen molar-refractivity contribution in [3.8, 4) is 0 Å². The molecule has 4 nitrogen and oxygen atoms in total. The summed E-state index contributed by atoms with van der Waals surface area (Å²) in [7, 11) is 0. The molecule has 2 amide bonds. The molecule has 0 spiro atoms. The molecular formula is C17H14Cl2N2O2. The summed E-state index contributed by atoms with van der Waals surface area (Å²) in [5.41, 5.74) is 1.37. The number of nitrogens with zero attached hydrogens (tertiary/aromatic N) is 1. The fraction of sp³-hybridized carbons (Fsp3) is 0.176. The predicted octanol–water partition coefficient (Wildman–Crippen LogP) is 3.99. The molecule has 0 aliphatic carbocycles. The number of hydrogen-bond acceptors (Lipinski definition) is 2. The number of hydrogen-bond donors (Lipinski definition) is 1. The van der Waals surface area contributed by atoms with Gasteiger partial charge in [-0.05, 0) is 42.5 Å². The SMILES string of the molecule is O=C(Nc1ccc(Cl)cc1)C1CC(=O)N(c2cccc(Cl)c2)C1. The summed E-state index contributed by atoms with van der Waals surface area (Å²) in [4.78, 5) is 26.1. The Morgan fingerprint density at radius 1 is 1.09 bits per heavy atom. The van der Waals surface area contributed by atoms with Crippen molar-refractivity contribution in [1.82, 2.24) is 0 Å². The molecule has 1 fully saturated rings. The van der Waals surface area contributed by atoms with E-state index in [9.17, 15) is 9.59 Å². The standard InChI is InChI=1S/C17H14Cl2N2O2/c18-12-4-6-14(7-5-12)20-17(23)11-8-16(22)21(10-11)15-3-1-2-13(19)9-15/h1-7,9,11H,8,10H2,(H,20,23). The van der Waals surface area contributed by atoms with Gasteiger partial charge in [-0.15, -0.1) is 0 Å². The molecule has 6 heteroatoms. The quantitative estimate of drug-likeness (QED) is 0.911. The van der Waals surface area contributed by atoms with E-state index < -0.39 is 5.92 Å². The zero-order chi connectivity index (χ0) is 16.4. The van der Waals surface area contributed by atoms with Crippen LogP contribution in [0.4, 0.5) is 11.4 Å². The minimum Gasteiger partial charge on any atom is -0.326 e. The zero-order valence-corrected chi connectivity index (χ0v) is 13.6. The molecule has 1 aliphatic rings. The van der Waals surface area contributed by atoms with Gasteiger partial charge in [0.05, 0.1) is 5.92 Å². The van der Waals surface area contributed by atoms with Gasteiger partial charge in [0.2, 0.25) is 11.8 Å². The van der Waals surface area contributed by atoms with E-state index in [-0.39, 0.29) is 18.2 Å². The molecule has 0 bridgehead atoms. The Hall–Kier alpha value is -2.04. The molecule has 0 aromatic heterocycles. The van der Waals surface area contributed by atoms with Crippen molar-refractivity contribution in [1.29, 1.82) is 0 Å². The van der Waals surface area contributed by atoms with Crippen LogP contribution in [-0.4, -0.2) is 18.4 Å². The lowest BCUT2D eigenvalue weighted by Gasteiger charge is -2.17. The lowest BCUT2D eigenvalue weighted by atomic mass is 10.1. The van der Waals surface area contributed by atoms with Crippen molar-refractivity contribution in [3.05, 3.63) is 58.6 Å². The molecule has 0 radical (unpaired) electrons. The molecule has 0 saturated carbocycles. The number of halogens is 2. The van der Waals surface area contributed by atoms with Gasteiger partial charge >= 0.3 is 0 Å². The third-order valence-corrected chi connectivity index (χ3v) is 4.21. The first-order valence-corrected chi connectivity index (χ1v) is 7.91. The van der Waals surface area contributed by atoms with E-state index in [0.717, 1.165) is 0 Å². The van der Waals surface area contributed by atoms with Crippen LogP contribution in [0.25, 0.3) is 0 Å². The van der Waals surface area contributed by atoms with E-state index in [2.05, 4.69) is 5.32 Å². The topological polar surface area (TPSA) is 49.4 Å². The highest BCUT2D eigenvalue weighted by Gasteiger charge is 2.35. The molecule has 2 aromatic rings. The predicted molar refractivity (Wildman–Crippen MR) is 92.0 cm³/mol. The van der Waals surface area contributed by atoms with Crippen molar-refractivity contribution in [2.45, 2.75) is 6.42 Å². The number of carbonyl (C=O) groups is 2. The minimum absolute atomic E-state index is 0.0801. The largest absolute Gasteiger partial charge is 0.326 e. The highest BCUT2D eigenvalue weighted by Crippen LogP contribution is 2.28. The second-order valence-electron chi connectivity index (χ2n) is 5.38. The van der Waals surface area contributed by atoms with Crippen molar-refractivity contribution in [2.24, 2.45) is 5.92 Å². The van der Waals surface area contributed by atoms with Crippen LogP contribution in [0.2, 0.25) is 10.0 Å². The van der Waals surface area contributed by atoms with Gasteiger partial charge in [0.25, 0.3) is 0 Å². The van der Waals surface area contributed by atoms with Crippen LogP contribution in [0.5, 0.6) is 0 Å². The molecule has 1 heterocycles. The Balaban J connectivity index is 1.69. The van der Waals surface area contributed by atoms with Crippen molar-refractivity contribution >= 4 is 46.4 Å². The van der Waals surface area contributed by atoms with E-state index in [4.69, 9.17) is 23.2 Å². The van der Waals surface area contributed by atoms with Gasteiger partial charge in [-0.3, -0.25) is 9.59 Å². The molecule has 1 N–H and O–H groups in total. The van der Waals surface area contributed by atoms with Gasteiger partial charge in [0.1, 0.15) is 0 Å². The van der Waals surface area contributed by atoms with E-state index >= 15 is 0 Å². The van der Waals surface area contributed by atoms with E-state index in [0.29, 0.717) is 28.0 Å². The number of amides is 2. The Labute approximate surface area is 144 Å². The average molecular weight is 349 g/mol. The van der Waals surface area contributed by atoms with Gasteiger partial charge in [-0.25, -0.2) is 0 Å². The van der Waals surface area contributed by atoms with Gasteiger partial charge in [-0.2, -0.15) is 0 Å². The Kier molecular flexibility index (Phi) is 4.55. The smallest absolute Gasteiger partial charge is 0.229 e. The maximum Gasteiger partial charge on any atom is 0.229 e. The molecule has 118 valence electrons. The van der Waals surface area contributed by atoms with Crippen molar-refractivity contribution in [2.75, 3.05) is 16.8 Å². The third kappa shape index (κ3) is 3.66. The molecule has 1 saturated heterocycles. The summed E-state index contributed by atoms with van der Waals surface area (Å²) >= 11 is 11.8. The Morgan fingerprint density at radius 3 is 2.52 bits per heavy atom. The third-order valence-electron chi connectivity index (χ3n) is 3.73. The Morgan fingerprint density at radius 2 is 1.83 bits per heavy atom. The van der Waals surface area contributed by atoms with Crippen LogP contribution in [-0.2, 0) is 9.59 Å². The van der Waals surface area contributed by atoms with E-state index in [1.54, 1.807) is 47.4 Å². The van der Waals surface area contributed by atoms with Gasteiger partial charge in [-0.1, -0.05) is 29.3 Å². The molecule has 23 heavy (non-hydrogen) atoms. The monoisotopic (exact) mass is 348 g/mol. The summed E-state index contributed by atoms with van der Waals surface area (Å²) < 4.78 is 0. The number of nitrogens with one attached hydrogen (secondary N) is 1. The van der Waals surface area contributed by atoms with Crippen molar-refractivity contribution < 1.29 is 9.59 Å². The van der Waals surface area contributed by atoms with E-state index in [1.165, 1.54) is 0 Å². The normalized spacial score (nSPS) is 17.4. The second-order valence-corrected chi connectivity index (χ2v) is 6.25. The minimum atomic E-state index is -0.392. The van der Waals surface area contributed by atoms with Crippen LogP contribution in [0.15, 0.2) is 48.5 Å². The summed E-state index contributed by atoms with van der Waals surface area (Å²) in [6, 6.07) is 13.9. The van der Waals surface area contributed by atoms with Crippen LogP contribution >= 0.6 is 23.2 Å². The average Bonchev–Trinajstić information content (AvgIpc) is 2.92. The molecule has 1 aliphatic heterocycles. The zero-order valence-electron chi connectivity index (χ0n) is 12.1. The second kappa shape index (κ2) is 6.60. The van der Waals surface area contributed by atoms with Crippen LogP contribution < -0.4 is 10.2 Å². The fourth-order valence-electron chi connectivity index (χ4n) is 2.55. The van der Waals surface area contributed by atoms with Crippen LogP contribution in [0.3, 0.4) is 0 Å².